The van der Waals surface area contributed by atoms with Gasteiger partial charge >= 0.3 is 0 Å². The number of nitrogens with one attached hydrogen (secondary N) is 1. The van der Waals surface area contributed by atoms with Crippen LogP contribution in [0.15, 0.2) is 42.7 Å². The smallest absolute Gasteiger partial charge is 0.254 e. The highest BCUT2D eigenvalue weighted by atomic mass is 16.5. The number of carbonyl (C=O) groups excluding carboxylic acids is 1. The predicted molar refractivity (Wildman–Crippen MR) is 94.0 cm³/mol. The summed E-state index contributed by atoms with van der Waals surface area (Å²) in [5, 5.41) is 4.21. The Kier molecular flexibility index (Phi) is 4.81. The van der Waals surface area contributed by atoms with Crippen LogP contribution in [-0.2, 0) is 4.74 Å². The Hall–Kier alpha value is -2.18. The summed E-state index contributed by atoms with van der Waals surface area (Å²) in [5.74, 6) is 0.128. The molecule has 2 aliphatic rings. The number of rotatable bonds is 4. The monoisotopic (exact) mass is 341 g/mol. The van der Waals surface area contributed by atoms with Crippen LogP contribution < -0.4 is 4.90 Å². The standard InChI is InChI=1S/C19H24N4O2/c24-19(16-4-6-17(7-5-16)23-9-2-8-20-23)22-12-10-21(11-13-22)15-18-3-1-14-25-18/h2,4-9,18H,1,3,10-15H2/p+1/t18-/m0/s1. The van der Waals surface area contributed by atoms with E-state index in [1.54, 1.807) is 15.8 Å². The molecule has 6 heteroatoms. The minimum absolute atomic E-state index is 0.128. The average molecular weight is 341 g/mol. The van der Waals surface area contributed by atoms with Crippen LogP contribution in [0.1, 0.15) is 23.2 Å². The summed E-state index contributed by atoms with van der Waals surface area (Å²) in [6, 6.07) is 9.56. The molecule has 3 heterocycles. The third-order valence-corrected chi connectivity index (χ3v) is 5.18. The fourth-order valence-corrected chi connectivity index (χ4v) is 3.72. The van der Waals surface area contributed by atoms with Gasteiger partial charge in [-0.15, -0.1) is 0 Å². The maximum atomic E-state index is 12.7. The van der Waals surface area contributed by atoms with Gasteiger partial charge in [0.1, 0.15) is 12.6 Å². The van der Waals surface area contributed by atoms with E-state index < -0.39 is 0 Å². The number of hydrogen-bond donors (Lipinski definition) is 1. The normalized spacial score (nSPS) is 21.6. The summed E-state index contributed by atoms with van der Waals surface area (Å²) in [5.41, 5.74) is 1.71. The van der Waals surface area contributed by atoms with Gasteiger partial charge < -0.3 is 14.5 Å². The van der Waals surface area contributed by atoms with Gasteiger partial charge in [-0.2, -0.15) is 5.10 Å². The lowest BCUT2D eigenvalue weighted by atomic mass is 10.1. The molecule has 2 aromatic rings. The molecule has 1 aromatic carbocycles. The summed E-state index contributed by atoms with van der Waals surface area (Å²) in [7, 11) is 0. The summed E-state index contributed by atoms with van der Waals surface area (Å²) < 4.78 is 7.53. The van der Waals surface area contributed by atoms with Crippen molar-refractivity contribution in [2.24, 2.45) is 0 Å². The number of amides is 1. The lowest BCUT2D eigenvalue weighted by molar-refractivity contribution is -0.906. The zero-order valence-corrected chi connectivity index (χ0v) is 14.4. The van der Waals surface area contributed by atoms with Gasteiger partial charge in [-0.05, 0) is 43.2 Å². The number of quaternary nitrogens is 1. The molecule has 2 aliphatic heterocycles. The van der Waals surface area contributed by atoms with Gasteiger partial charge in [0.15, 0.2) is 0 Å². The number of hydrogen-bond acceptors (Lipinski definition) is 3. The van der Waals surface area contributed by atoms with Gasteiger partial charge in [-0.3, -0.25) is 4.79 Å². The maximum absolute atomic E-state index is 12.7. The average Bonchev–Trinajstić information content (AvgIpc) is 3.36. The van der Waals surface area contributed by atoms with Gasteiger partial charge in [0.25, 0.3) is 5.91 Å². The highest BCUT2D eigenvalue weighted by molar-refractivity contribution is 5.94. The van der Waals surface area contributed by atoms with Crippen molar-refractivity contribution in [1.82, 2.24) is 14.7 Å². The van der Waals surface area contributed by atoms with E-state index in [-0.39, 0.29) is 5.91 Å². The fraction of sp³-hybridized carbons (Fsp3) is 0.474. The number of ether oxygens (including phenoxy) is 1. The fourth-order valence-electron chi connectivity index (χ4n) is 3.72. The van der Waals surface area contributed by atoms with Crippen LogP contribution in [0, 0.1) is 0 Å². The molecule has 2 fully saturated rings. The van der Waals surface area contributed by atoms with Crippen LogP contribution in [-0.4, -0.2) is 66.0 Å². The van der Waals surface area contributed by atoms with E-state index in [1.165, 1.54) is 12.8 Å². The summed E-state index contributed by atoms with van der Waals surface area (Å²) in [4.78, 5) is 16.3. The molecule has 6 nitrogen and oxygen atoms in total. The van der Waals surface area contributed by atoms with Gasteiger partial charge in [-0.1, -0.05) is 0 Å². The number of aromatic nitrogens is 2. The SMILES string of the molecule is O=C(c1ccc(-n2cccn2)cc1)N1CC[NH+](C[C@@H]2CCCO2)CC1. The van der Waals surface area contributed by atoms with Crippen molar-refractivity contribution in [2.45, 2.75) is 18.9 Å². The minimum Gasteiger partial charge on any atom is -0.372 e. The number of piperazine rings is 1. The van der Waals surface area contributed by atoms with Crippen molar-refractivity contribution in [2.75, 3.05) is 39.3 Å². The van der Waals surface area contributed by atoms with Crippen LogP contribution >= 0.6 is 0 Å². The van der Waals surface area contributed by atoms with E-state index in [0.717, 1.165) is 50.6 Å². The molecule has 25 heavy (non-hydrogen) atoms. The molecule has 0 radical (unpaired) electrons. The Morgan fingerprint density at radius 1 is 1.24 bits per heavy atom. The first-order valence-electron chi connectivity index (χ1n) is 9.14. The van der Waals surface area contributed by atoms with Crippen LogP contribution in [0.4, 0.5) is 0 Å². The zero-order chi connectivity index (χ0) is 17.1. The van der Waals surface area contributed by atoms with Crippen molar-refractivity contribution in [1.29, 1.82) is 0 Å². The predicted octanol–water partition coefficient (Wildman–Crippen LogP) is 0.392. The number of benzene rings is 1. The molecule has 4 rings (SSSR count). The van der Waals surface area contributed by atoms with E-state index in [2.05, 4.69) is 5.10 Å². The van der Waals surface area contributed by atoms with Crippen molar-refractivity contribution < 1.29 is 14.4 Å². The Morgan fingerprint density at radius 2 is 2.04 bits per heavy atom. The molecule has 1 aromatic heterocycles. The van der Waals surface area contributed by atoms with Crippen LogP contribution in [0.5, 0.6) is 0 Å². The quantitative estimate of drug-likeness (QED) is 0.875. The largest absolute Gasteiger partial charge is 0.372 e. The summed E-state index contributed by atoms with van der Waals surface area (Å²) in [6.07, 6.45) is 6.45. The molecule has 0 saturated carbocycles. The van der Waals surface area contributed by atoms with Gasteiger partial charge in [0.2, 0.25) is 0 Å². The van der Waals surface area contributed by atoms with E-state index in [4.69, 9.17) is 4.74 Å². The maximum Gasteiger partial charge on any atom is 0.254 e. The molecule has 0 unspecified atom stereocenters. The second-order valence-corrected chi connectivity index (χ2v) is 6.88. The van der Waals surface area contributed by atoms with E-state index in [1.807, 2.05) is 41.4 Å². The van der Waals surface area contributed by atoms with Crippen molar-refractivity contribution >= 4 is 5.91 Å². The first-order chi connectivity index (χ1) is 12.3. The molecule has 1 atom stereocenters. The lowest BCUT2D eigenvalue weighted by Gasteiger charge is -2.33. The molecule has 0 spiro atoms. The highest BCUT2D eigenvalue weighted by Crippen LogP contribution is 2.12. The summed E-state index contributed by atoms with van der Waals surface area (Å²) in [6.45, 7) is 5.66. The topological polar surface area (TPSA) is 51.8 Å². The zero-order valence-electron chi connectivity index (χ0n) is 14.4. The van der Waals surface area contributed by atoms with Crippen LogP contribution in [0.2, 0.25) is 0 Å². The lowest BCUT2D eigenvalue weighted by Crippen LogP contribution is -3.15. The molecule has 2 saturated heterocycles. The van der Waals surface area contributed by atoms with Crippen LogP contribution in [0.25, 0.3) is 5.69 Å². The minimum atomic E-state index is 0.128. The van der Waals surface area contributed by atoms with Gasteiger partial charge in [0, 0.05) is 24.6 Å². The van der Waals surface area contributed by atoms with Gasteiger partial charge in [0.05, 0.1) is 31.9 Å². The van der Waals surface area contributed by atoms with Crippen molar-refractivity contribution in [3.8, 4) is 5.69 Å². The molecule has 1 N–H and O–H groups in total. The number of nitrogens with zero attached hydrogens (tertiary/aromatic N) is 3. The molecule has 1 amide bonds. The molecule has 0 aliphatic carbocycles. The second-order valence-electron chi connectivity index (χ2n) is 6.88. The molecule has 0 bridgehead atoms. The number of carbonyl (C=O) groups is 1. The third-order valence-electron chi connectivity index (χ3n) is 5.18. The Balaban J connectivity index is 1.32. The molecular weight excluding hydrogens is 316 g/mol. The third kappa shape index (κ3) is 3.75. The molecular formula is C19H25N4O2+. The van der Waals surface area contributed by atoms with Crippen molar-refractivity contribution in [3.63, 3.8) is 0 Å². The van der Waals surface area contributed by atoms with E-state index >= 15 is 0 Å². The second kappa shape index (κ2) is 7.37. The Morgan fingerprint density at radius 3 is 2.68 bits per heavy atom. The first kappa shape index (κ1) is 16.3. The summed E-state index contributed by atoms with van der Waals surface area (Å²) >= 11 is 0. The van der Waals surface area contributed by atoms with E-state index in [0.29, 0.717) is 6.10 Å². The Bertz CT molecular complexity index is 685. The van der Waals surface area contributed by atoms with Crippen LogP contribution in [0.3, 0.4) is 0 Å². The highest BCUT2D eigenvalue weighted by Gasteiger charge is 2.28. The Labute approximate surface area is 148 Å². The van der Waals surface area contributed by atoms with Gasteiger partial charge in [-0.25, -0.2) is 4.68 Å². The first-order valence-corrected chi connectivity index (χ1v) is 9.14. The van der Waals surface area contributed by atoms with Crippen molar-refractivity contribution in [3.05, 3.63) is 48.3 Å². The van der Waals surface area contributed by atoms with E-state index in [9.17, 15) is 4.79 Å². The molecule has 132 valence electrons.